The molecule has 0 saturated heterocycles. The minimum absolute atomic E-state index is 0.0400. The number of anilines is 1. The predicted molar refractivity (Wildman–Crippen MR) is 63.2 cm³/mol. The van der Waals surface area contributed by atoms with Gasteiger partial charge in [0.25, 0.3) is 0 Å². The predicted octanol–water partition coefficient (Wildman–Crippen LogP) is 0.959. The molecule has 0 bridgehead atoms. The Labute approximate surface area is 96.4 Å². The Morgan fingerprint density at radius 1 is 1.69 bits per heavy atom. The van der Waals surface area contributed by atoms with Crippen molar-refractivity contribution in [2.45, 2.75) is 12.2 Å². The average molecular weight is 242 g/mol. The summed E-state index contributed by atoms with van der Waals surface area (Å²) < 4.78 is 11.1. The molecule has 2 N–H and O–H groups in total. The van der Waals surface area contributed by atoms with Crippen molar-refractivity contribution in [3.63, 3.8) is 0 Å². The lowest BCUT2D eigenvalue weighted by atomic mass is 10.2. The highest BCUT2D eigenvalue weighted by molar-refractivity contribution is 7.84. The van der Waals surface area contributed by atoms with Gasteiger partial charge in [-0.05, 0) is 13.0 Å². The molecule has 1 rings (SSSR count). The van der Waals surface area contributed by atoms with Crippen molar-refractivity contribution in [1.82, 2.24) is 4.98 Å². The van der Waals surface area contributed by atoms with Gasteiger partial charge in [0.2, 0.25) is 0 Å². The fourth-order valence-corrected chi connectivity index (χ4v) is 1.41. The maximum absolute atomic E-state index is 11.1. The molecule has 1 aromatic heterocycles. The molecule has 88 valence electrons. The van der Waals surface area contributed by atoms with Crippen molar-refractivity contribution in [1.29, 1.82) is 0 Å². The highest BCUT2D eigenvalue weighted by Gasteiger charge is 2.11. The number of carboxylic acids is 1. The summed E-state index contributed by atoms with van der Waals surface area (Å²) in [5.74, 6) is -1.00. The first-order valence-corrected chi connectivity index (χ1v) is 6.38. The summed E-state index contributed by atoms with van der Waals surface area (Å²) in [7, 11) is -0.932. The van der Waals surface area contributed by atoms with Crippen molar-refractivity contribution >= 4 is 22.5 Å². The first-order valence-electron chi connectivity index (χ1n) is 4.75. The molecule has 1 aromatic rings. The van der Waals surface area contributed by atoms with Crippen LogP contribution < -0.4 is 5.32 Å². The Hall–Kier alpha value is -1.43. The highest BCUT2D eigenvalue weighted by Crippen LogP contribution is 2.13. The Morgan fingerprint density at radius 3 is 2.94 bits per heavy atom. The van der Waals surface area contributed by atoms with Gasteiger partial charge in [-0.25, -0.2) is 4.79 Å². The Kier molecular flexibility index (Phi) is 4.42. The van der Waals surface area contributed by atoms with Gasteiger partial charge in [0, 0.05) is 35.0 Å². The topological polar surface area (TPSA) is 79.3 Å². The molecular formula is C10H14N2O3S. The van der Waals surface area contributed by atoms with Gasteiger partial charge in [0.05, 0.1) is 17.4 Å². The van der Waals surface area contributed by atoms with E-state index in [2.05, 4.69) is 10.3 Å². The van der Waals surface area contributed by atoms with Crippen LogP contribution in [0.5, 0.6) is 0 Å². The lowest BCUT2D eigenvalue weighted by Crippen LogP contribution is -2.21. The van der Waals surface area contributed by atoms with E-state index < -0.39 is 16.8 Å². The van der Waals surface area contributed by atoms with Crippen molar-refractivity contribution in [2.24, 2.45) is 0 Å². The fourth-order valence-electron chi connectivity index (χ4n) is 1.09. The lowest BCUT2D eigenvalue weighted by Gasteiger charge is -2.12. The van der Waals surface area contributed by atoms with E-state index in [1.165, 1.54) is 18.5 Å². The van der Waals surface area contributed by atoms with Gasteiger partial charge < -0.3 is 10.4 Å². The maximum atomic E-state index is 11.1. The molecule has 2 unspecified atom stereocenters. The van der Waals surface area contributed by atoms with Crippen LogP contribution in [0.2, 0.25) is 0 Å². The lowest BCUT2D eigenvalue weighted by molar-refractivity contribution is 0.0698. The van der Waals surface area contributed by atoms with Crippen LogP contribution in [0.3, 0.4) is 0 Å². The van der Waals surface area contributed by atoms with Crippen LogP contribution in [0.15, 0.2) is 18.5 Å². The maximum Gasteiger partial charge on any atom is 0.337 e. The zero-order valence-electron chi connectivity index (χ0n) is 9.14. The number of carboxylic acid groups (broad SMARTS) is 1. The second-order valence-corrected chi connectivity index (χ2v) is 5.22. The summed E-state index contributed by atoms with van der Waals surface area (Å²) in [4.78, 5) is 14.7. The molecule has 0 saturated carbocycles. The van der Waals surface area contributed by atoms with E-state index in [1.807, 2.05) is 6.92 Å². The average Bonchev–Trinajstić information content (AvgIpc) is 2.25. The van der Waals surface area contributed by atoms with Gasteiger partial charge >= 0.3 is 5.97 Å². The van der Waals surface area contributed by atoms with E-state index in [0.717, 1.165) is 0 Å². The Morgan fingerprint density at radius 2 is 2.38 bits per heavy atom. The van der Waals surface area contributed by atoms with E-state index >= 15 is 0 Å². The van der Waals surface area contributed by atoms with Crippen LogP contribution in [0.1, 0.15) is 17.3 Å². The minimum Gasteiger partial charge on any atom is -0.478 e. The summed E-state index contributed by atoms with van der Waals surface area (Å²) in [6.45, 7) is 2.29. The summed E-state index contributed by atoms with van der Waals surface area (Å²) in [5.41, 5.74) is 0.622. The molecule has 0 spiro atoms. The van der Waals surface area contributed by atoms with Gasteiger partial charge in [0.1, 0.15) is 0 Å². The Balaban J connectivity index is 2.74. The van der Waals surface area contributed by atoms with Crippen LogP contribution in [-0.4, -0.2) is 38.3 Å². The van der Waals surface area contributed by atoms with Crippen LogP contribution in [-0.2, 0) is 10.8 Å². The molecule has 2 atom stereocenters. The number of aromatic nitrogens is 1. The zero-order chi connectivity index (χ0) is 12.1. The van der Waals surface area contributed by atoms with E-state index in [9.17, 15) is 9.00 Å². The molecular weight excluding hydrogens is 228 g/mol. The van der Waals surface area contributed by atoms with E-state index in [4.69, 9.17) is 5.11 Å². The molecule has 16 heavy (non-hydrogen) atoms. The third kappa shape index (κ3) is 3.30. The number of aromatic carboxylic acids is 1. The number of hydrogen-bond donors (Lipinski definition) is 2. The summed E-state index contributed by atoms with van der Waals surface area (Å²) in [6.07, 6.45) is 4.50. The number of rotatable bonds is 5. The number of carbonyl (C=O) groups is 1. The van der Waals surface area contributed by atoms with Gasteiger partial charge in [-0.1, -0.05) is 0 Å². The first-order chi connectivity index (χ1) is 7.52. The summed E-state index contributed by atoms with van der Waals surface area (Å²) in [5, 5.41) is 11.8. The standard InChI is InChI=1S/C10H14N2O3S/c1-7(16(2)15)5-12-9-6-11-4-3-8(9)10(13)14/h3-4,6-7,12H,5H2,1-2H3,(H,13,14). The Bertz CT molecular complexity index is 409. The number of nitrogens with zero attached hydrogens (tertiary/aromatic N) is 1. The second kappa shape index (κ2) is 5.60. The molecule has 1 heterocycles. The van der Waals surface area contributed by atoms with Crippen molar-refractivity contribution in [3.8, 4) is 0 Å². The molecule has 0 fully saturated rings. The largest absolute Gasteiger partial charge is 0.478 e. The van der Waals surface area contributed by atoms with E-state index in [1.54, 1.807) is 6.26 Å². The molecule has 0 aromatic carbocycles. The van der Waals surface area contributed by atoms with E-state index in [-0.39, 0.29) is 10.8 Å². The fraction of sp³-hybridized carbons (Fsp3) is 0.400. The van der Waals surface area contributed by atoms with E-state index in [0.29, 0.717) is 12.2 Å². The molecule has 6 heteroatoms. The second-order valence-electron chi connectivity index (χ2n) is 3.42. The molecule has 0 amide bonds. The molecule has 5 nitrogen and oxygen atoms in total. The first kappa shape index (κ1) is 12.6. The van der Waals surface area contributed by atoms with Gasteiger partial charge in [-0.2, -0.15) is 0 Å². The van der Waals surface area contributed by atoms with Gasteiger partial charge in [0.15, 0.2) is 0 Å². The van der Waals surface area contributed by atoms with Crippen molar-refractivity contribution in [3.05, 3.63) is 24.0 Å². The van der Waals surface area contributed by atoms with Crippen LogP contribution in [0.25, 0.3) is 0 Å². The third-order valence-electron chi connectivity index (χ3n) is 2.20. The number of pyridine rings is 1. The smallest absolute Gasteiger partial charge is 0.337 e. The zero-order valence-corrected chi connectivity index (χ0v) is 9.95. The molecule has 0 radical (unpaired) electrons. The van der Waals surface area contributed by atoms with Crippen molar-refractivity contribution < 1.29 is 14.1 Å². The van der Waals surface area contributed by atoms with Crippen molar-refractivity contribution in [2.75, 3.05) is 18.1 Å². The third-order valence-corrected chi connectivity index (χ3v) is 3.50. The molecule has 0 aliphatic heterocycles. The van der Waals surface area contributed by atoms with Gasteiger partial charge in [-0.3, -0.25) is 9.19 Å². The normalized spacial score (nSPS) is 14.1. The summed E-state index contributed by atoms with van der Waals surface area (Å²) in [6, 6.07) is 1.43. The minimum atomic E-state index is -1.00. The molecule has 0 aliphatic carbocycles. The molecule has 0 aliphatic rings. The SMILES string of the molecule is CC(CNc1cnccc1C(=O)O)S(C)=O. The van der Waals surface area contributed by atoms with Crippen LogP contribution in [0.4, 0.5) is 5.69 Å². The quantitative estimate of drug-likeness (QED) is 0.804. The summed E-state index contributed by atoms with van der Waals surface area (Å²) >= 11 is 0. The monoisotopic (exact) mass is 242 g/mol. The van der Waals surface area contributed by atoms with Gasteiger partial charge in [-0.15, -0.1) is 0 Å². The number of nitrogens with one attached hydrogen (secondary N) is 1. The number of hydrogen-bond acceptors (Lipinski definition) is 4. The van der Waals surface area contributed by atoms with Crippen LogP contribution >= 0.6 is 0 Å². The highest BCUT2D eigenvalue weighted by atomic mass is 32.2. The van der Waals surface area contributed by atoms with Crippen LogP contribution in [0, 0.1) is 0 Å².